The minimum atomic E-state index is -3.63. The van der Waals surface area contributed by atoms with E-state index in [1.54, 1.807) is 21.9 Å². The molecule has 2 rings (SSSR count). The summed E-state index contributed by atoms with van der Waals surface area (Å²) in [6.07, 6.45) is 0. The molecule has 1 aromatic carbocycles. The average Bonchev–Trinajstić information content (AvgIpc) is 2.46. The number of benzene rings is 1. The first-order valence-corrected chi connectivity index (χ1v) is 9.22. The molecule has 1 aliphatic rings. The third-order valence-corrected chi connectivity index (χ3v) is 6.13. The molecule has 1 aliphatic heterocycles. The van der Waals surface area contributed by atoms with Crippen LogP contribution in [0.5, 0.6) is 0 Å². The number of carbonyl (C=O) groups is 1. The van der Waals surface area contributed by atoms with E-state index in [4.69, 9.17) is 11.6 Å². The molecule has 0 N–H and O–H groups in total. The van der Waals surface area contributed by atoms with Crippen LogP contribution in [-0.4, -0.2) is 75.2 Å². The Morgan fingerprint density at radius 3 is 2.35 bits per heavy atom. The molecular formula is C15H22ClN3O3S. The molecule has 0 saturated carbocycles. The highest BCUT2D eigenvalue weighted by molar-refractivity contribution is 7.89. The maximum Gasteiger partial charge on any atom is 0.244 e. The van der Waals surface area contributed by atoms with E-state index in [1.165, 1.54) is 10.4 Å². The smallest absolute Gasteiger partial charge is 0.244 e. The van der Waals surface area contributed by atoms with Crippen LogP contribution in [0.1, 0.15) is 5.56 Å². The standard InChI is InChI=1S/C15H22ClN3O3S/c1-12-4-5-14(13(16)10-12)23(21,22)19-8-6-18(7-9-19)15(20)11-17(2)3/h4-5,10H,6-9,11H2,1-3H3. The highest BCUT2D eigenvalue weighted by Crippen LogP contribution is 2.26. The van der Waals surface area contributed by atoms with Gasteiger partial charge in [-0.05, 0) is 38.7 Å². The molecule has 1 heterocycles. The summed E-state index contributed by atoms with van der Waals surface area (Å²) in [5, 5.41) is 0.233. The van der Waals surface area contributed by atoms with Crippen LogP contribution in [-0.2, 0) is 14.8 Å². The summed E-state index contributed by atoms with van der Waals surface area (Å²) in [6.45, 7) is 3.55. The van der Waals surface area contributed by atoms with Crippen LogP contribution in [0.2, 0.25) is 5.02 Å². The summed E-state index contributed by atoms with van der Waals surface area (Å²) in [6, 6.07) is 4.91. The van der Waals surface area contributed by atoms with Gasteiger partial charge >= 0.3 is 0 Å². The van der Waals surface area contributed by atoms with Gasteiger partial charge in [-0.15, -0.1) is 0 Å². The number of hydrogen-bond donors (Lipinski definition) is 0. The van der Waals surface area contributed by atoms with Crippen molar-refractivity contribution in [1.29, 1.82) is 0 Å². The van der Waals surface area contributed by atoms with Crippen molar-refractivity contribution in [3.8, 4) is 0 Å². The Morgan fingerprint density at radius 1 is 1.22 bits per heavy atom. The van der Waals surface area contributed by atoms with Crippen LogP contribution >= 0.6 is 11.6 Å². The van der Waals surface area contributed by atoms with Gasteiger partial charge in [0, 0.05) is 26.2 Å². The Morgan fingerprint density at radius 2 is 1.83 bits per heavy atom. The molecule has 6 nitrogen and oxygen atoms in total. The molecular weight excluding hydrogens is 338 g/mol. The number of piperazine rings is 1. The van der Waals surface area contributed by atoms with Gasteiger partial charge < -0.3 is 9.80 Å². The van der Waals surface area contributed by atoms with Gasteiger partial charge in [0.25, 0.3) is 0 Å². The minimum absolute atomic E-state index is 0.0143. The number of amides is 1. The summed E-state index contributed by atoms with van der Waals surface area (Å²) in [5.41, 5.74) is 0.910. The average molecular weight is 360 g/mol. The second-order valence-electron chi connectivity index (χ2n) is 5.96. The van der Waals surface area contributed by atoms with E-state index in [2.05, 4.69) is 0 Å². The lowest BCUT2D eigenvalue weighted by Gasteiger charge is -2.34. The summed E-state index contributed by atoms with van der Waals surface area (Å²) >= 11 is 6.09. The lowest BCUT2D eigenvalue weighted by Crippen LogP contribution is -2.52. The van der Waals surface area contributed by atoms with Crippen LogP contribution < -0.4 is 0 Å². The molecule has 0 spiro atoms. The molecule has 8 heteroatoms. The highest BCUT2D eigenvalue weighted by Gasteiger charge is 2.31. The Hall–Kier alpha value is -1.15. The third-order valence-electron chi connectivity index (χ3n) is 3.75. The minimum Gasteiger partial charge on any atom is -0.339 e. The van der Waals surface area contributed by atoms with Gasteiger partial charge in [0.05, 0.1) is 11.6 Å². The highest BCUT2D eigenvalue weighted by atomic mass is 35.5. The largest absolute Gasteiger partial charge is 0.339 e. The molecule has 23 heavy (non-hydrogen) atoms. The molecule has 0 aromatic heterocycles. The van der Waals surface area contributed by atoms with E-state index in [1.807, 2.05) is 21.0 Å². The molecule has 0 unspecified atom stereocenters. The maximum absolute atomic E-state index is 12.7. The van der Waals surface area contributed by atoms with E-state index in [0.29, 0.717) is 19.6 Å². The van der Waals surface area contributed by atoms with E-state index in [-0.39, 0.29) is 28.9 Å². The number of rotatable bonds is 4. The number of carbonyl (C=O) groups excluding carboxylic acids is 1. The van der Waals surface area contributed by atoms with Crippen molar-refractivity contribution < 1.29 is 13.2 Å². The lowest BCUT2D eigenvalue weighted by molar-refractivity contribution is -0.133. The zero-order chi connectivity index (χ0) is 17.2. The lowest BCUT2D eigenvalue weighted by atomic mass is 10.2. The Labute approximate surface area is 142 Å². The van der Waals surface area contributed by atoms with Gasteiger partial charge in [-0.3, -0.25) is 4.79 Å². The Balaban J connectivity index is 2.08. The molecule has 1 fully saturated rings. The van der Waals surface area contributed by atoms with Crippen molar-refractivity contribution in [2.24, 2.45) is 0 Å². The number of likely N-dealkylation sites (N-methyl/N-ethyl adjacent to an activating group) is 1. The van der Waals surface area contributed by atoms with Crippen LogP contribution in [0.15, 0.2) is 23.1 Å². The zero-order valence-electron chi connectivity index (χ0n) is 13.6. The fourth-order valence-corrected chi connectivity index (χ4v) is 4.50. The van der Waals surface area contributed by atoms with E-state index < -0.39 is 10.0 Å². The number of halogens is 1. The number of sulfonamides is 1. The first-order chi connectivity index (χ1) is 10.7. The summed E-state index contributed by atoms with van der Waals surface area (Å²) in [4.78, 5) is 15.6. The second-order valence-corrected chi connectivity index (χ2v) is 8.27. The number of hydrogen-bond acceptors (Lipinski definition) is 4. The van der Waals surface area contributed by atoms with Crippen molar-refractivity contribution in [3.63, 3.8) is 0 Å². The maximum atomic E-state index is 12.7. The van der Waals surface area contributed by atoms with Gasteiger partial charge in [-0.2, -0.15) is 4.31 Å². The van der Waals surface area contributed by atoms with Crippen molar-refractivity contribution >= 4 is 27.5 Å². The van der Waals surface area contributed by atoms with Gasteiger partial charge in [-0.1, -0.05) is 17.7 Å². The van der Waals surface area contributed by atoms with E-state index in [0.717, 1.165) is 5.56 Å². The monoisotopic (exact) mass is 359 g/mol. The van der Waals surface area contributed by atoms with Gasteiger partial charge in [-0.25, -0.2) is 8.42 Å². The van der Waals surface area contributed by atoms with E-state index >= 15 is 0 Å². The number of nitrogens with zero attached hydrogens (tertiary/aromatic N) is 3. The van der Waals surface area contributed by atoms with Crippen molar-refractivity contribution in [2.75, 3.05) is 46.8 Å². The van der Waals surface area contributed by atoms with Gasteiger partial charge in [0.2, 0.25) is 15.9 Å². The van der Waals surface area contributed by atoms with Crippen molar-refractivity contribution in [3.05, 3.63) is 28.8 Å². The summed E-state index contributed by atoms with van der Waals surface area (Å²) < 4.78 is 26.8. The quantitative estimate of drug-likeness (QED) is 0.806. The van der Waals surface area contributed by atoms with Crippen molar-refractivity contribution in [1.82, 2.24) is 14.1 Å². The molecule has 0 radical (unpaired) electrons. The summed E-state index contributed by atoms with van der Waals surface area (Å²) in [7, 11) is 0.0341. The predicted molar refractivity (Wildman–Crippen MR) is 90.1 cm³/mol. The molecule has 0 bridgehead atoms. The Kier molecular flexibility index (Phi) is 5.67. The zero-order valence-corrected chi connectivity index (χ0v) is 15.2. The topological polar surface area (TPSA) is 60.9 Å². The van der Waals surface area contributed by atoms with Crippen LogP contribution in [0.4, 0.5) is 0 Å². The van der Waals surface area contributed by atoms with Crippen LogP contribution in [0, 0.1) is 6.92 Å². The van der Waals surface area contributed by atoms with Gasteiger partial charge in [0.1, 0.15) is 4.90 Å². The third kappa shape index (κ3) is 4.23. The van der Waals surface area contributed by atoms with Crippen LogP contribution in [0.3, 0.4) is 0 Å². The Bertz CT molecular complexity index is 683. The molecule has 0 atom stereocenters. The molecule has 0 aliphatic carbocycles. The SMILES string of the molecule is Cc1ccc(S(=O)(=O)N2CCN(C(=O)CN(C)C)CC2)c(Cl)c1. The predicted octanol–water partition coefficient (Wildman–Crippen LogP) is 1.04. The van der Waals surface area contributed by atoms with Crippen molar-refractivity contribution in [2.45, 2.75) is 11.8 Å². The molecule has 128 valence electrons. The van der Waals surface area contributed by atoms with Gasteiger partial charge in [0.15, 0.2) is 0 Å². The fraction of sp³-hybridized carbons (Fsp3) is 0.533. The number of aryl methyl sites for hydroxylation is 1. The van der Waals surface area contributed by atoms with Crippen LogP contribution in [0.25, 0.3) is 0 Å². The van der Waals surface area contributed by atoms with E-state index in [9.17, 15) is 13.2 Å². The first-order valence-electron chi connectivity index (χ1n) is 7.40. The second kappa shape index (κ2) is 7.17. The summed E-state index contributed by atoms with van der Waals surface area (Å²) in [5.74, 6) is 0.0143. The molecule has 1 saturated heterocycles. The molecule has 1 aromatic rings. The molecule has 1 amide bonds. The fourth-order valence-electron chi connectivity index (χ4n) is 2.50. The normalized spacial score (nSPS) is 16.8. The first kappa shape index (κ1) is 18.2.